The Morgan fingerprint density at radius 2 is 2.00 bits per heavy atom. The largest absolute Gasteiger partial charge is 0.345 e. The summed E-state index contributed by atoms with van der Waals surface area (Å²) in [5.41, 5.74) is 0.438. The highest BCUT2D eigenvalue weighted by Gasteiger charge is 2.06. The predicted octanol–water partition coefficient (Wildman–Crippen LogP) is -0.435. The summed E-state index contributed by atoms with van der Waals surface area (Å²) in [6.07, 6.45) is 1.75. The van der Waals surface area contributed by atoms with Crippen molar-refractivity contribution in [2.24, 2.45) is 14.1 Å². The van der Waals surface area contributed by atoms with Gasteiger partial charge in [-0.2, -0.15) is 0 Å². The van der Waals surface area contributed by atoms with Crippen LogP contribution in [-0.4, -0.2) is 14.1 Å². The van der Waals surface area contributed by atoms with Crippen molar-refractivity contribution in [3.63, 3.8) is 0 Å². The van der Waals surface area contributed by atoms with E-state index >= 15 is 0 Å². The SMILES string of the molecule is Cn1ccc2c1c(=O)[nH]c(=O)n2C. The number of fused-ring (bicyclic) bond motifs is 1. The zero-order valence-electron chi connectivity index (χ0n) is 7.37. The van der Waals surface area contributed by atoms with Gasteiger partial charge in [0.05, 0.1) is 5.52 Å². The van der Waals surface area contributed by atoms with Crippen LogP contribution >= 0.6 is 0 Å². The average Bonchev–Trinajstić information content (AvgIpc) is 2.44. The minimum absolute atomic E-state index is 0.342. The maximum atomic E-state index is 11.3. The molecule has 0 aliphatic rings. The van der Waals surface area contributed by atoms with Crippen LogP contribution in [0.15, 0.2) is 21.9 Å². The van der Waals surface area contributed by atoms with Gasteiger partial charge in [0.2, 0.25) is 0 Å². The molecule has 2 heterocycles. The highest BCUT2D eigenvalue weighted by Crippen LogP contribution is 2.05. The summed E-state index contributed by atoms with van der Waals surface area (Å²) >= 11 is 0. The van der Waals surface area contributed by atoms with Crippen LogP contribution in [-0.2, 0) is 14.1 Å². The molecule has 0 aliphatic heterocycles. The molecular weight excluding hydrogens is 170 g/mol. The van der Waals surface area contributed by atoms with Crippen molar-refractivity contribution in [2.45, 2.75) is 0 Å². The Balaban J connectivity index is 3.18. The summed E-state index contributed by atoms with van der Waals surface area (Å²) in [6, 6.07) is 1.74. The minimum atomic E-state index is -0.385. The van der Waals surface area contributed by atoms with Crippen LogP contribution in [0.25, 0.3) is 11.0 Å². The van der Waals surface area contributed by atoms with Crippen LogP contribution in [0.1, 0.15) is 0 Å². The number of aryl methyl sites for hydroxylation is 2. The van der Waals surface area contributed by atoms with Gasteiger partial charge in [-0.05, 0) is 6.07 Å². The molecule has 2 aromatic heterocycles. The molecule has 0 bridgehead atoms. The van der Waals surface area contributed by atoms with E-state index in [0.29, 0.717) is 11.0 Å². The summed E-state index contributed by atoms with van der Waals surface area (Å²) in [6.45, 7) is 0. The van der Waals surface area contributed by atoms with Gasteiger partial charge in [0.1, 0.15) is 5.52 Å². The third-order valence-electron chi connectivity index (χ3n) is 2.15. The van der Waals surface area contributed by atoms with E-state index in [1.54, 1.807) is 30.9 Å². The summed E-state index contributed by atoms with van der Waals surface area (Å²) < 4.78 is 3.10. The lowest BCUT2D eigenvalue weighted by atomic mass is 10.4. The number of aromatic nitrogens is 3. The Morgan fingerprint density at radius 1 is 1.31 bits per heavy atom. The standard InChI is InChI=1S/C8H9N3O2/c1-10-4-3-5-6(10)7(12)9-8(13)11(5)2/h3-4H,1-2H3,(H,9,12,13). The van der Waals surface area contributed by atoms with Crippen LogP contribution in [0, 0.1) is 0 Å². The maximum Gasteiger partial charge on any atom is 0.328 e. The van der Waals surface area contributed by atoms with Crippen molar-refractivity contribution >= 4 is 11.0 Å². The Bertz CT molecular complexity index is 573. The second-order valence-electron chi connectivity index (χ2n) is 2.98. The number of nitrogens with zero attached hydrogens (tertiary/aromatic N) is 2. The summed E-state index contributed by atoms with van der Waals surface area (Å²) in [5, 5.41) is 0. The van der Waals surface area contributed by atoms with Gasteiger partial charge in [0, 0.05) is 20.3 Å². The number of H-pyrrole nitrogens is 1. The van der Waals surface area contributed by atoms with Crippen molar-refractivity contribution < 1.29 is 0 Å². The first-order chi connectivity index (χ1) is 6.11. The van der Waals surface area contributed by atoms with Gasteiger partial charge in [-0.25, -0.2) is 4.79 Å². The molecule has 68 valence electrons. The number of nitrogens with one attached hydrogen (secondary N) is 1. The molecule has 0 atom stereocenters. The third-order valence-corrected chi connectivity index (χ3v) is 2.15. The van der Waals surface area contributed by atoms with Gasteiger partial charge < -0.3 is 4.57 Å². The monoisotopic (exact) mass is 179 g/mol. The number of hydrogen-bond acceptors (Lipinski definition) is 2. The van der Waals surface area contributed by atoms with Crippen LogP contribution in [0.5, 0.6) is 0 Å². The summed E-state index contributed by atoms with van der Waals surface area (Å²) in [4.78, 5) is 24.7. The van der Waals surface area contributed by atoms with Gasteiger partial charge >= 0.3 is 5.69 Å². The fourth-order valence-electron chi connectivity index (χ4n) is 1.41. The summed E-state index contributed by atoms with van der Waals surface area (Å²) in [7, 11) is 3.39. The van der Waals surface area contributed by atoms with E-state index < -0.39 is 0 Å². The van der Waals surface area contributed by atoms with E-state index in [4.69, 9.17) is 0 Å². The van der Waals surface area contributed by atoms with Crippen molar-refractivity contribution in [2.75, 3.05) is 0 Å². The Labute approximate surface area is 73.2 Å². The number of rotatable bonds is 0. The quantitative estimate of drug-likeness (QED) is 0.596. The molecule has 0 spiro atoms. The molecule has 0 saturated heterocycles. The topological polar surface area (TPSA) is 59.8 Å². The molecule has 0 aliphatic carbocycles. The number of hydrogen-bond donors (Lipinski definition) is 1. The normalized spacial score (nSPS) is 10.9. The first-order valence-corrected chi connectivity index (χ1v) is 3.85. The first-order valence-electron chi connectivity index (χ1n) is 3.85. The molecule has 0 unspecified atom stereocenters. The third kappa shape index (κ3) is 0.932. The molecule has 0 amide bonds. The van der Waals surface area contributed by atoms with E-state index in [0.717, 1.165) is 0 Å². The van der Waals surface area contributed by atoms with Gasteiger partial charge in [-0.3, -0.25) is 14.3 Å². The second-order valence-corrected chi connectivity index (χ2v) is 2.98. The maximum absolute atomic E-state index is 11.3. The lowest BCUT2D eigenvalue weighted by molar-refractivity contribution is 0.835. The minimum Gasteiger partial charge on any atom is -0.345 e. The van der Waals surface area contributed by atoms with Crippen molar-refractivity contribution in [3.8, 4) is 0 Å². The van der Waals surface area contributed by atoms with Gasteiger partial charge in [-0.15, -0.1) is 0 Å². The molecule has 0 fully saturated rings. The highest BCUT2D eigenvalue weighted by atomic mass is 16.2. The molecule has 2 aromatic rings. The molecule has 13 heavy (non-hydrogen) atoms. The molecular formula is C8H9N3O2. The summed E-state index contributed by atoms with van der Waals surface area (Å²) in [5.74, 6) is 0. The van der Waals surface area contributed by atoms with Gasteiger partial charge in [0.25, 0.3) is 5.56 Å². The smallest absolute Gasteiger partial charge is 0.328 e. The van der Waals surface area contributed by atoms with Gasteiger partial charge in [-0.1, -0.05) is 0 Å². The van der Waals surface area contributed by atoms with Gasteiger partial charge in [0.15, 0.2) is 0 Å². The molecule has 5 nitrogen and oxygen atoms in total. The van der Waals surface area contributed by atoms with E-state index in [9.17, 15) is 9.59 Å². The fraction of sp³-hybridized carbons (Fsp3) is 0.250. The highest BCUT2D eigenvalue weighted by molar-refractivity contribution is 5.74. The van der Waals surface area contributed by atoms with E-state index in [2.05, 4.69) is 4.98 Å². The Kier molecular flexibility index (Phi) is 1.42. The van der Waals surface area contributed by atoms with Crippen molar-refractivity contribution in [1.82, 2.24) is 14.1 Å². The van der Waals surface area contributed by atoms with E-state index in [1.807, 2.05) is 0 Å². The lowest BCUT2D eigenvalue weighted by Crippen LogP contribution is -2.28. The Hall–Kier alpha value is -1.78. The van der Waals surface area contributed by atoms with Crippen LogP contribution in [0.4, 0.5) is 0 Å². The molecule has 0 radical (unpaired) electrons. The molecule has 2 rings (SSSR count). The lowest BCUT2D eigenvalue weighted by Gasteiger charge is -1.98. The number of aromatic amines is 1. The molecule has 5 heteroatoms. The molecule has 0 aromatic carbocycles. The Morgan fingerprint density at radius 3 is 2.69 bits per heavy atom. The molecule has 0 saturated carbocycles. The zero-order valence-corrected chi connectivity index (χ0v) is 7.37. The van der Waals surface area contributed by atoms with Crippen LogP contribution in [0.3, 0.4) is 0 Å². The second kappa shape index (κ2) is 2.35. The van der Waals surface area contributed by atoms with Crippen LogP contribution in [0.2, 0.25) is 0 Å². The predicted molar refractivity (Wildman–Crippen MR) is 48.8 cm³/mol. The average molecular weight is 179 g/mol. The van der Waals surface area contributed by atoms with Crippen molar-refractivity contribution in [1.29, 1.82) is 0 Å². The van der Waals surface area contributed by atoms with E-state index in [-0.39, 0.29) is 11.2 Å². The fourth-order valence-corrected chi connectivity index (χ4v) is 1.41. The van der Waals surface area contributed by atoms with E-state index in [1.165, 1.54) is 4.57 Å². The molecule has 1 N–H and O–H groups in total. The van der Waals surface area contributed by atoms with Crippen molar-refractivity contribution in [3.05, 3.63) is 33.1 Å². The van der Waals surface area contributed by atoms with Crippen LogP contribution < -0.4 is 11.2 Å². The first kappa shape index (κ1) is 7.85. The zero-order chi connectivity index (χ0) is 9.59.